The van der Waals surface area contributed by atoms with Crippen LogP contribution in [-0.2, 0) is 6.42 Å². The lowest BCUT2D eigenvalue weighted by atomic mass is 9.78. The summed E-state index contributed by atoms with van der Waals surface area (Å²) in [7, 11) is 0. The van der Waals surface area contributed by atoms with Crippen LogP contribution in [0.3, 0.4) is 0 Å². The van der Waals surface area contributed by atoms with Crippen molar-refractivity contribution >= 4 is 29.9 Å². The number of guanidine groups is 1. The summed E-state index contributed by atoms with van der Waals surface area (Å²) in [4.78, 5) is 4.43. The molecule has 3 nitrogen and oxygen atoms in total. The van der Waals surface area contributed by atoms with Crippen LogP contribution in [0.2, 0.25) is 0 Å². The van der Waals surface area contributed by atoms with Gasteiger partial charge in [0.1, 0.15) is 0 Å². The van der Waals surface area contributed by atoms with Gasteiger partial charge in [-0.1, -0.05) is 38.1 Å². The predicted molar refractivity (Wildman–Crippen MR) is 92.2 cm³/mol. The largest absolute Gasteiger partial charge is 0.370 e. The second-order valence-corrected chi connectivity index (χ2v) is 5.44. The van der Waals surface area contributed by atoms with Crippen LogP contribution in [0.15, 0.2) is 29.3 Å². The highest BCUT2D eigenvalue weighted by Gasteiger charge is 2.24. The average Bonchev–Trinajstić information content (AvgIpc) is 2.30. The first kappa shape index (κ1) is 16.3. The third kappa shape index (κ3) is 4.67. The molecule has 4 heteroatoms. The van der Waals surface area contributed by atoms with Crippen molar-refractivity contribution in [1.82, 2.24) is 5.32 Å². The zero-order valence-corrected chi connectivity index (χ0v) is 14.1. The quantitative estimate of drug-likeness (QED) is 0.474. The fraction of sp³-hybridized carbons (Fsp3) is 0.533. The van der Waals surface area contributed by atoms with Crippen LogP contribution in [-0.4, -0.2) is 19.0 Å². The molecule has 0 saturated carbocycles. The lowest BCUT2D eigenvalue weighted by Crippen LogP contribution is -2.34. The van der Waals surface area contributed by atoms with E-state index < -0.39 is 0 Å². The van der Waals surface area contributed by atoms with Crippen molar-refractivity contribution in [2.45, 2.75) is 32.6 Å². The van der Waals surface area contributed by atoms with Crippen LogP contribution < -0.4 is 11.1 Å². The van der Waals surface area contributed by atoms with Crippen molar-refractivity contribution < 1.29 is 0 Å². The van der Waals surface area contributed by atoms with Crippen LogP contribution in [0.4, 0.5) is 0 Å². The number of nitrogens with one attached hydrogen (secondary N) is 1. The van der Waals surface area contributed by atoms with Crippen LogP contribution >= 0.6 is 24.0 Å². The Labute approximate surface area is 133 Å². The molecule has 1 unspecified atom stereocenters. The first-order valence-electron chi connectivity index (χ1n) is 6.78. The molecular formula is C15H24IN3. The van der Waals surface area contributed by atoms with E-state index in [1.165, 1.54) is 11.1 Å². The van der Waals surface area contributed by atoms with Gasteiger partial charge < -0.3 is 11.1 Å². The Bertz CT molecular complexity index is 429. The molecule has 106 valence electrons. The van der Waals surface area contributed by atoms with E-state index in [1.54, 1.807) is 0 Å². The maximum atomic E-state index is 5.85. The lowest BCUT2D eigenvalue weighted by Gasteiger charge is -2.28. The Morgan fingerprint density at radius 3 is 2.84 bits per heavy atom. The maximum absolute atomic E-state index is 5.85. The number of hydrogen-bond acceptors (Lipinski definition) is 1. The molecule has 0 radical (unpaired) electrons. The van der Waals surface area contributed by atoms with Gasteiger partial charge in [-0.3, -0.25) is 4.99 Å². The van der Waals surface area contributed by atoms with E-state index in [-0.39, 0.29) is 24.0 Å². The number of hydrogen-bond donors (Lipinski definition) is 2. The van der Waals surface area contributed by atoms with Crippen LogP contribution in [0.25, 0.3) is 0 Å². The van der Waals surface area contributed by atoms with Gasteiger partial charge in [-0.2, -0.15) is 0 Å². The van der Waals surface area contributed by atoms with Crippen molar-refractivity contribution in [3.05, 3.63) is 35.4 Å². The molecular weight excluding hydrogens is 349 g/mol. The normalized spacial score (nSPS) is 17.4. The molecule has 1 aromatic rings. The maximum Gasteiger partial charge on any atom is 0.188 e. The Morgan fingerprint density at radius 2 is 2.16 bits per heavy atom. The molecule has 1 aromatic carbocycles. The third-order valence-corrected chi connectivity index (χ3v) is 3.47. The predicted octanol–water partition coefficient (Wildman–Crippen LogP) is 2.89. The molecule has 1 aliphatic carbocycles. The molecule has 0 aromatic heterocycles. The Hall–Kier alpha value is -0.780. The Morgan fingerprint density at radius 1 is 1.42 bits per heavy atom. The van der Waals surface area contributed by atoms with E-state index in [0.717, 1.165) is 25.9 Å². The third-order valence-electron chi connectivity index (χ3n) is 3.47. The summed E-state index contributed by atoms with van der Waals surface area (Å²) in [5, 5.41) is 3.17. The van der Waals surface area contributed by atoms with Gasteiger partial charge >= 0.3 is 0 Å². The highest BCUT2D eigenvalue weighted by atomic mass is 127. The molecule has 0 heterocycles. The van der Waals surface area contributed by atoms with E-state index in [2.05, 4.69) is 48.4 Å². The van der Waals surface area contributed by atoms with Crippen LogP contribution in [0, 0.1) is 5.92 Å². The summed E-state index contributed by atoms with van der Waals surface area (Å²) in [6.07, 6.45) is 2.27. The van der Waals surface area contributed by atoms with Gasteiger partial charge in [0.05, 0.1) is 0 Å². The number of benzene rings is 1. The summed E-state index contributed by atoms with van der Waals surface area (Å²) in [6, 6.07) is 8.58. The molecule has 2 rings (SSSR count). The van der Waals surface area contributed by atoms with E-state index in [1.807, 2.05) is 0 Å². The molecule has 19 heavy (non-hydrogen) atoms. The van der Waals surface area contributed by atoms with Gasteiger partial charge in [-0.25, -0.2) is 0 Å². The standard InChI is InChI=1S/C15H23N3.HI/c1-11(2)7-8-17-15(16)18-10-13-9-12-5-3-4-6-14(12)13;/h3-6,11,13H,7-10H2,1-2H3,(H3,16,17,18);1H. The zero-order valence-electron chi connectivity index (χ0n) is 11.7. The minimum Gasteiger partial charge on any atom is -0.370 e. The first-order chi connectivity index (χ1) is 8.66. The van der Waals surface area contributed by atoms with Crippen molar-refractivity contribution in [2.75, 3.05) is 13.1 Å². The van der Waals surface area contributed by atoms with Crippen LogP contribution in [0.5, 0.6) is 0 Å². The molecule has 1 atom stereocenters. The summed E-state index contributed by atoms with van der Waals surface area (Å²) >= 11 is 0. The Balaban J connectivity index is 0.00000180. The van der Waals surface area contributed by atoms with E-state index >= 15 is 0 Å². The van der Waals surface area contributed by atoms with Crippen molar-refractivity contribution in [2.24, 2.45) is 16.6 Å². The van der Waals surface area contributed by atoms with Crippen molar-refractivity contribution in [3.63, 3.8) is 0 Å². The Kier molecular flexibility index (Phi) is 6.62. The second kappa shape index (κ2) is 7.72. The van der Waals surface area contributed by atoms with Gasteiger partial charge in [0, 0.05) is 19.0 Å². The van der Waals surface area contributed by atoms with Crippen molar-refractivity contribution in [3.8, 4) is 0 Å². The van der Waals surface area contributed by atoms with Crippen LogP contribution in [0.1, 0.15) is 37.3 Å². The number of rotatable bonds is 5. The van der Waals surface area contributed by atoms with E-state index in [4.69, 9.17) is 5.73 Å². The molecule has 0 amide bonds. The molecule has 3 N–H and O–H groups in total. The van der Waals surface area contributed by atoms with Gasteiger partial charge in [0.25, 0.3) is 0 Å². The van der Waals surface area contributed by atoms with Crippen molar-refractivity contribution in [1.29, 1.82) is 0 Å². The number of aliphatic imine (C=N–C) groups is 1. The smallest absolute Gasteiger partial charge is 0.188 e. The minimum absolute atomic E-state index is 0. The lowest BCUT2D eigenvalue weighted by molar-refractivity contribution is 0.574. The number of nitrogens with two attached hydrogens (primary N) is 1. The molecule has 0 saturated heterocycles. The first-order valence-corrected chi connectivity index (χ1v) is 6.78. The highest BCUT2D eigenvalue weighted by molar-refractivity contribution is 14.0. The van der Waals surface area contributed by atoms with E-state index in [0.29, 0.717) is 17.8 Å². The summed E-state index contributed by atoms with van der Waals surface area (Å²) in [5.74, 6) is 1.84. The van der Waals surface area contributed by atoms with Gasteiger partial charge in [-0.05, 0) is 29.9 Å². The van der Waals surface area contributed by atoms with Gasteiger partial charge in [0.15, 0.2) is 5.96 Å². The second-order valence-electron chi connectivity index (χ2n) is 5.44. The summed E-state index contributed by atoms with van der Waals surface area (Å²) in [5.41, 5.74) is 8.75. The van der Waals surface area contributed by atoms with Gasteiger partial charge in [-0.15, -0.1) is 24.0 Å². The highest BCUT2D eigenvalue weighted by Crippen LogP contribution is 2.34. The summed E-state index contributed by atoms with van der Waals surface area (Å²) in [6.45, 7) is 6.13. The minimum atomic E-state index is 0. The fourth-order valence-corrected chi connectivity index (χ4v) is 2.28. The monoisotopic (exact) mass is 373 g/mol. The number of fused-ring (bicyclic) bond motifs is 1. The average molecular weight is 373 g/mol. The van der Waals surface area contributed by atoms with E-state index in [9.17, 15) is 0 Å². The topological polar surface area (TPSA) is 50.4 Å². The molecule has 0 bridgehead atoms. The SMILES string of the molecule is CC(C)CCNC(N)=NCC1Cc2ccccc21.I. The molecule has 0 fully saturated rings. The number of nitrogens with zero attached hydrogens (tertiary/aromatic N) is 1. The summed E-state index contributed by atoms with van der Waals surface area (Å²) < 4.78 is 0. The molecule has 1 aliphatic rings. The fourth-order valence-electron chi connectivity index (χ4n) is 2.28. The molecule has 0 aliphatic heterocycles. The molecule has 0 spiro atoms. The van der Waals surface area contributed by atoms with Gasteiger partial charge in [0.2, 0.25) is 0 Å². The zero-order chi connectivity index (χ0) is 13.0. The number of halogens is 1.